The van der Waals surface area contributed by atoms with Gasteiger partial charge in [-0.2, -0.15) is 0 Å². The summed E-state index contributed by atoms with van der Waals surface area (Å²) in [5.41, 5.74) is 0.498. The van der Waals surface area contributed by atoms with Gasteiger partial charge in [-0.15, -0.1) is 0 Å². The summed E-state index contributed by atoms with van der Waals surface area (Å²) in [6, 6.07) is 23.1. The number of likely N-dealkylation sites (tertiary alicyclic amines) is 1. The fourth-order valence-electron chi connectivity index (χ4n) is 5.03. The van der Waals surface area contributed by atoms with Crippen molar-refractivity contribution in [3.8, 4) is 0 Å². The van der Waals surface area contributed by atoms with Crippen LogP contribution >= 0.6 is 0 Å². The van der Waals surface area contributed by atoms with Crippen LogP contribution in [0.25, 0.3) is 10.9 Å². The number of anilines is 1. The third-order valence-corrected chi connectivity index (χ3v) is 6.99. The minimum Gasteiger partial charge on any atom is -0.342 e. The second-order valence-electron chi connectivity index (χ2n) is 9.72. The van der Waals surface area contributed by atoms with Crippen molar-refractivity contribution in [1.29, 1.82) is 0 Å². The van der Waals surface area contributed by atoms with Crippen LogP contribution in [0.4, 0.5) is 5.69 Å². The third kappa shape index (κ3) is 5.85. The molecule has 2 atom stereocenters. The van der Waals surface area contributed by atoms with Gasteiger partial charge in [-0.1, -0.05) is 60.7 Å². The van der Waals surface area contributed by atoms with Crippen LogP contribution < -0.4 is 21.9 Å². The molecule has 40 heavy (non-hydrogen) atoms. The quantitative estimate of drug-likeness (QED) is 0.315. The van der Waals surface area contributed by atoms with Crippen molar-refractivity contribution in [2.75, 3.05) is 11.9 Å². The fraction of sp³-hybridized carbons (Fsp3) is 0.233. The molecular formula is C30H29N5O5. The highest BCUT2D eigenvalue weighted by Crippen LogP contribution is 2.21. The second-order valence-corrected chi connectivity index (χ2v) is 9.72. The smallest absolute Gasteiger partial charge is 0.329 e. The number of carbonyl (C=O) groups is 3. The topological polar surface area (TPSA) is 133 Å². The van der Waals surface area contributed by atoms with E-state index in [2.05, 4.69) is 15.6 Å². The fourth-order valence-corrected chi connectivity index (χ4v) is 5.03. The number of para-hydroxylation sites is 2. The standard InChI is InChI=1S/C30H29N5O5/c36-26(19-35-28(38)22-14-7-8-15-23(22)33-30(35)40)32-24(18-20-10-3-1-4-11-20)29(39)34-17-9-16-25(34)27(37)31-21-12-5-2-6-13-21/h1-8,10-15,24-25H,9,16-19H2,(H,31,37)(H,32,36)(H,33,40)/t24?,25-/m0/s1. The Morgan fingerprint density at radius 1 is 0.900 bits per heavy atom. The lowest BCUT2D eigenvalue weighted by atomic mass is 10.0. The first-order chi connectivity index (χ1) is 19.4. The van der Waals surface area contributed by atoms with Crippen LogP contribution in [-0.4, -0.2) is 50.8 Å². The second kappa shape index (κ2) is 11.8. The highest BCUT2D eigenvalue weighted by Gasteiger charge is 2.37. The summed E-state index contributed by atoms with van der Waals surface area (Å²) >= 11 is 0. The van der Waals surface area contributed by atoms with E-state index in [-0.39, 0.29) is 17.7 Å². The van der Waals surface area contributed by atoms with Gasteiger partial charge in [0.05, 0.1) is 10.9 Å². The Morgan fingerprint density at radius 2 is 1.57 bits per heavy atom. The molecule has 0 spiro atoms. The lowest BCUT2D eigenvalue weighted by molar-refractivity contribution is -0.140. The van der Waals surface area contributed by atoms with E-state index in [1.165, 1.54) is 4.90 Å². The molecule has 0 saturated carbocycles. The normalized spacial score (nSPS) is 15.5. The number of H-pyrrole nitrogens is 1. The lowest BCUT2D eigenvalue weighted by Crippen LogP contribution is -2.54. The average molecular weight is 540 g/mol. The molecule has 1 saturated heterocycles. The molecule has 0 aliphatic carbocycles. The Balaban J connectivity index is 1.37. The molecule has 10 heteroatoms. The van der Waals surface area contributed by atoms with E-state index >= 15 is 0 Å². The molecule has 5 rings (SSSR count). The van der Waals surface area contributed by atoms with Crippen molar-refractivity contribution in [2.45, 2.75) is 37.9 Å². The van der Waals surface area contributed by atoms with E-state index in [4.69, 9.17) is 0 Å². The van der Waals surface area contributed by atoms with Crippen LogP contribution in [0, 0.1) is 0 Å². The van der Waals surface area contributed by atoms with Gasteiger partial charge < -0.3 is 20.5 Å². The first kappa shape index (κ1) is 26.6. The number of carbonyl (C=O) groups excluding carboxylic acids is 3. The minimum absolute atomic E-state index is 0.178. The van der Waals surface area contributed by atoms with Crippen LogP contribution in [0.5, 0.6) is 0 Å². The number of aromatic amines is 1. The van der Waals surface area contributed by atoms with E-state index < -0.39 is 41.7 Å². The monoisotopic (exact) mass is 539 g/mol. The summed E-state index contributed by atoms with van der Waals surface area (Å²) in [6.45, 7) is -0.188. The van der Waals surface area contributed by atoms with Gasteiger partial charge in [-0.05, 0) is 42.7 Å². The van der Waals surface area contributed by atoms with Gasteiger partial charge in [0.1, 0.15) is 18.6 Å². The molecule has 3 N–H and O–H groups in total. The van der Waals surface area contributed by atoms with Crippen molar-refractivity contribution in [3.05, 3.63) is 111 Å². The van der Waals surface area contributed by atoms with Crippen LogP contribution in [0.1, 0.15) is 18.4 Å². The Morgan fingerprint density at radius 3 is 2.33 bits per heavy atom. The molecule has 10 nitrogen and oxygen atoms in total. The maximum atomic E-state index is 13.8. The van der Waals surface area contributed by atoms with Crippen LogP contribution in [-0.2, 0) is 27.3 Å². The highest BCUT2D eigenvalue weighted by molar-refractivity contribution is 5.98. The van der Waals surface area contributed by atoms with Gasteiger partial charge in [0.2, 0.25) is 17.7 Å². The number of benzene rings is 3. The number of hydrogen-bond acceptors (Lipinski definition) is 5. The predicted molar refractivity (Wildman–Crippen MR) is 151 cm³/mol. The van der Waals surface area contributed by atoms with E-state index in [1.807, 2.05) is 48.5 Å². The summed E-state index contributed by atoms with van der Waals surface area (Å²) in [7, 11) is 0. The molecule has 1 aromatic heterocycles. The van der Waals surface area contributed by atoms with Gasteiger partial charge in [-0.3, -0.25) is 23.7 Å². The SMILES string of the molecule is O=C(Cn1c(=O)[nH]c2ccccc2c1=O)NC(Cc1ccccc1)C(=O)N1CCC[C@H]1C(=O)Nc1ccccc1. The number of aromatic nitrogens is 2. The number of fused-ring (bicyclic) bond motifs is 1. The molecule has 1 aliphatic heterocycles. The maximum absolute atomic E-state index is 13.8. The highest BCUT2D eigenvalue weighted by atomic mass is 16.2. The van der Waals surface area contributed by atoms with Crippen molar-refractivity contribution >= 4 is 34.3 Å². The molecule has 1 aliphatic rings. The molecule has 3 aromatic carbocycles. The summed E-state index contributed by atoms with van der Waals surface area (Å²) in [6.07, 6.45) is 1.32. The molecule has 1 fully saturated rings. The maximum Gasteiger partial charge on any atom is 0.329 e. The molecule has 2 heterocycles. The molecule has 1 unspecified atom stereocenters. The van der Waals surface area contributed by atoms with E-state index in [1.54, 1.807) is 36.4 Å². The number of hydrogen-bond donors (Lipinski definition) is 3. The number of rotatable bonds is 8. The van der Waals surface area contributed by atoms with E-state index in [9.17, 15) is 24.0 Å². The Kier molecular flexibility index (Phi) is 7.86. The van der Waals surface area contributed by atoms with Crippen molar-refractivity contribution in [3.63, 3.8) is 0 Å². The first-order valence-corrected chi connectivity index (χ1v) is 13.1. The predicted octanol–water partition coefficient (Wildman–Crippen LogP) is 2.05. The third-order valence-electron chi connectivity index (χ3n) is 6.99. The largest absolute Gasteiger partial charge is 0.342 e. The van der Waals surface area contributed by atoms with Gasteiger partial charge in [0.15, 0.2) is 0 Å². The van der Waals surface area contributed by atoms with Gasteiger partial charge >= 0.3 is 5.69 Å². The summed E-state index contributed by atoms with van der Waals surface area (Å²) in [5.74, 6) is -1.36. The molecule has 204 valence electrons. The molecular weight excluding hydrogens is 510 g/mol. The van der Waals surface area contributed by atoms with Gasteiger partial charge in [-0.25, -0.2) is 4.79 Å². The van der Waals surface area contributed by atoms with Gasteiger partial charge in [0, 0.05) is 18.7 Å². The zero-order chi connectivity index (χ0) is 28.1. The first-order valence-electron chi connectivity index (χ1n) is 13.1. The van der Waals surface area contributed by atoms with Crippen molar-refractivity contribution in [1.82, 2.24) is 19.8 Å². The Bertz CT molecular complexity index is 1650. The molecule has 0 bridgehead atoms. The van der Waals surface area contributed by atoms with Crippen LogP contribution in [0.3, 0.4) is 0 Å². The molecule has 3 amide bonds. The van der Waals surface area contributed by atoms with Gasteiger partial charge in [0.25, 0.3) is 5.56 Å². The van der Waals surface area contributed by atoms with E-state index in [0.717, 1.165) is 10.1 Å². The molecule has 4 aromatic rings. The van der Waals surface area contributed by atoms with Crippen molar-refractivity contribution < 1.29 is 14.4 Å². The average Bonchev–Trinajstić information content (AvgIpc) is 3.46. The lowest BCUT2D eigenvalue weighted by Gasteiger charge is -2.29. The zero-order valence-corrected chi connectivity index (χ0v) is 21.7. The summed E-state index contributed by atoms with van der Waals surface area (Å²) in [4.78, 5) is 69.7. The number of amides is 3. The minimum atomic E-state index is -1.00. The summed E-state index contributed by atoms with van der Waals surface area (Å²) < 4.78 is 0.813. The van der Waals surface area contributed by atoms with Crippen molar-refractivity contribution in [2.24, 2.45) is 0 Å². The number of nitrogens with one attached hydrogen (secondary N) is 3. The Labute approximate surface area is 229 Å². The zero-order valence-electron chi connectivity index (χ0n) is 21.7. The van der Waals surface area contributed by atoms with Crippen LogP contribution in [0.2, 0.25) is 0 Å². The number of nitrogens with zero attached hydrogens (tertiary/aromatic N) is 2. The summed E-state index contributed by atoms with van der Waals surface area (Å²) in [5, 5.41) is 5.86. The Hall–Kier alpha value is -4.99. The van der Waals surface area contributed by atoms with E-state index in [0.29, 0.717) is 30.6 Å². The van der Waals surface area contributed by atoms with Crippen LogP contribution in [0.15, 0.2) is 94.5 Å². The molecule has 0 radical (unpaired) electrons.